The standard InChI is InChI=1S/C16H14FN3O2/c1-10(2)13-5-3-11(7-14(13)17)8-16(21)22-15-6-4-12(9-18)19-20-15/h3-7,10H,8H2,1-2H3. The lowest BCUT2D eigenvalue weighted by atomic mass is 10.00. The van der Waals surface area contributed by atoms with Crippen molar-refractivity contribution in [2.45, 2.75) is 26.2 Å². The van der Waals surface area contributed by atoms with Gasteiger partial charge in [-0.3, -0.25) is 4.79 Å². The van der Waals surface area contributed by atoms with E-state index < -0.39 is 5.97 Å². The van der Waals surface area contributed by atoms with Gasteiger partial charge in [0, 0.05) is 6.07 Å². The summed E-state index contributed by atoms with van der Waals surface area (Å²) in [6, 6.07) is 9.29. The van der Waals surface area contributed by atoms with Crippen molar-refractivity contribution in [1.29, 1.82) is 5.26 Å². The Morgan fingerprint density at radius 2 is 2.09 bits per heavy atom. The Morgan fingerprint density at radius 1 is 1.32 bits per heavy atom. The zero-order valence-electron chi connectivity index (χ0n) is 12.2. The van der Waals surface area contributed by atoms with Crippen LogP contribution < -0.4 is 4.74 Å². The van der Waals surface area contributed by atoms with Gasteiger partial charge in [-0.2, -0.15) is 5.26 Å². The van der Waals surface area contributed by atoms with Crippen LogP contribution in [0.3, 0.4) is 0 Å². The Labute approximate surface area is 127 Å². The quantitative estimate of drug-likeness (QED) is 0.811. The minimum absolute atomic E-state index is 0.00303. The summed E-state index contributed by atoms with van der Waals surface area (Å²) in [6.07, 6.45) is -0.0724. The molecule has 0 saturated heterocycles. The highest BCUT2D eigenvalue weighted by Gasteiger charge is 2.12. The number of rotatable bonds is 4. The van der Waals surface area contributed by atoms with E-state index in [0.29, 0.717) is 11.1 Å². The molecule has 2 rings (SSSR count). The smallest absolute Gasteiger partial charge is 0.317 e. The van der Waals surface area contributed by atoms with Gasteiger partial charge in [0.25, 0.3) is 0 Å². The van der Waals surface area contributed by atoms with Crippen molar-refractivity contribution in [1.82, 2.24) is 10.2 Å². The van der Waals surface area contributed by atoms with E-state index in [1.165, 1.54) is 18.2 Å². The fraction of sp³-hybridized carbons (Fsp3) is 0.250. The minimum atomic E-state index is -0.573. The molecule has 0 saturated carbocycles. The number of hydrogen-bond acceptors (Lipinski definition) is 5. The zero-order chi connectivity index (χ0) is 16.1. The van der Waals surface area contributed by atoms with Gasteiger partial charge >= 0.3 is 5.97 Å². The van der Waals surface area contributed by atoms with Gasteiger partial charge in [0.15, 0.2) is 5.69 Å². The van der Waals surface area contributed by atoms with Crippen molar-refractivity contribution < 1.29 is 13.9 Å². The average Bonchev–Trinajstić information content (AvgIpc) is 2.47. The summed E-state index contributed by atoms with van der Waals surface area (Å²) in [6.45, 7) is 3.80. The number of benzene rings is 1. The van der Waals surface area contributed by atoms with Crippen molar-refractivity contribution in [2.24, 2.45) is 0 Å². The Hall–Kier alpha value is -2.81. The molecule has 0 amide bonds. The lowest BCUT2D eigenvalue weighted by Gasteiger charge is -2.08. The highest BCUT2D eigenvalue weighted by Crippen LogP contribution is 2.19. The van der Waals surface area contributed by atoms with E-state index in [4.69, 9.17) is 10.00 Å². The molecule has 0 aliphatic carbocycles. The maximum Gasteiger partial charge on any atom is 0.317 e. The second-order valence-corrected chi connectivity index (χ2v) is 5.03. The van der Waals surface area contributed by atoms with Crippen LogP contribution in [0.5, 0.6) is 5.88 Å². The highest BCUT2D eigenvalue weighted by molar-refractivity contribution is 5.74. The number of carbonyl (C=O) groups excluding carboxylic acids is 1. The number of hydrogen-bond donors (Lipinski definition) is 0. The van der Waals surface area contributed by atoms with Gasteiger partial charge in [0.1, 0.15) is 11.9 Å². The first-order valence-corrected chi connectivity index (χ1v) is 6.72. The molecular formula is C16H14FN3O2. The predicted molar refractivity (Wildman–Crippen MR) is 76.6 cm³/mol. The van der Waals surface area contributed by atoms with Gasteiger partial charge in [-0.25, -0.2) is 4.39 Å². The molecule has 5 nitrogen and oxygen atoms in total. The van der Waals surface area contributed by atoms with Crippen molar-refractivity contribution in [3.8, 4) is 11.9 Å². The first kappa shape index (κ1) is 15.6. The van der Waals surface area contributed by atoms with Gasteiger partial charge in [0.2, 0.25) is 5.88 Å². The first-order chi connectivity index (χ1) is 10.5. The molecule has 1 heterocycles. The third-order valence-electron chi connectivity index (χ3n) is 3.01. The molecular weight excluding hydrogens is 285 g/mol. The lowest BCUT2D eigenvalue weighted by molar-refractivity contribution is -0.133. The second kappa shape index (κ2) is 6.76. The summed E-state index contributed by atoms with van der Waals surface area (Å²) in [5, 5.41) is 15.7. The second-order valence-electron chi connectivity index (χ2n) is 5.03. The Morgan fingerprint density at radius 3 is 2.64 bits per heavy atom. The summed E-state index contributed by atoms with van der Waals surface area (Å²) < 4.78 is 18.8. The molecule has 0 bridgehead atoms. The van der Waals surface area contributed by atoms with Crippen molar-refractivity contribution >= 4 is 5.97 Å². The molecule has 1 aromatic carbocycles. The largest absolute Gasteiger partial charge is 0.406 e. The number of carbonyl (C=O) groups is 1. The van der Waals surface area contributed by atoms with Crippen LogP contribution in [-0.2, 0) is 11.2 Å². The maximum atomic E-state index is 13.9. The maximum absolute atomic E-state index is 13.9. The monoisotopic (exact) mass is 299 g/mol. The van der Waals surface area contributed by atoms with E-state index in [1.54, 1.807) is 12.1 Å². The Balaban J connectivity index is 2.02. The Bertz CT molecular complexity index is 721. The predicted octanol–water partition coefficient (Wildman–Crippen LogP) is 2.76. The van der Waals surface area contributed by atoms with Gasteiger partial charge in [-0.05, 0) is 29.2 Å². The van der Waals surface area contributed by atoms with E-state index in [2.05, 4.69) is 10.2 Å². The normalized spacial score (nSPS) is 10.3. The van der Waals surface area contributed by atoms with Gasteiger partial charge in [-0.15, -0.1) is 10.2 Å². The van der Waals surface area contributed by atoms with Crippen molar-refractivity contribution in [2.75, 3.05) is 0 Å². The van der Waals surface area contributed by atoms with E-state index in [-0.39, 0.29) is 29.7 Å². The molecule has 0 aliphatic heterocycles. The zero-order valence-corrected chi connectivity index (χ0v) is 12.2. The third kappa shape index (κ3) is 3.85. The molecule has 0 fully saturated rings. The number of esters is 1. The fourth-order valence-corrected chi connectivity index (χ4v) is 1.90. The molecule has 112 valence electrons. The molecule has 0 aliphatic rings. The number of ether oxygens (including phenoxy) is 1. The van der Waals surface area contributed by atoms with Crippen molar-refractivity contribution in [3.63, 3.8) is 0 Å². The molecule has 0 N–H and O–H groups in total. The third-order valence-corrected chi connectivity index (χ3v) is 3.01. The summed E-state index contributed by atoms with van der Waals surface area (Å²) in [4.78, 5) is 11.8. The van der Waals surface area contributed by atoms with Crippen LogP contribution in [0.2, 0.25) is 0 Å². The van der Waals surface area contributed by atoms with Gasteiger partial charge in [-0.1, -0.05) is 26.0 Å². The molecule has 0 radical (unpaired) electrons. The van der Waals surface area contributed by atoms with E-state index >= 15 is 0 Å². The summed E-state index contributed by atoms with van der Waals surface area (Å²) in [5.41, 5.74) is 1.26. The average molecular weight is 299 g/mol. The minimum Gasteiger partial charge on any atom is -0.406 e. The van der Waals surface area contributed by atoms with Crippen LogP contribution in [0.1, 0.15) is 36.6 Å². The number of halogens is 1. The molecule has 1 aromatic heterocycles. The first-order valence-electron chi connectivity index (χ1n) is 6.72. The van der Waals surface area contributed by atoms with Gasteiger partial charge in [0.05, 0.1) is 6.42 Å². The molecule has 0 atom stereocenters. The van der Waals surface area contributed by atoms with Crippen LogP contribution in [-0.4, -0.2) is 16.2 Å². The fourth-order valence-electron chi connectivity index (χ4n) is 1.90. The lowest BCUT2D eigenvalue weighted by Crippen LogP contribution is -2.13. The topological polar surface area (TPSA) is 75.9 Å². The summed E-state index contributed by atoms with van der Waals surface area (Å²) in [7, 11) is 0. The number of aromatic nitrogens is 2. The van der Waals surface area contributed by atoms with Crippen LogP contribution in [0.15, 0.2) is 30.3 Å². The van der Waals surface area contributed by atoms with E-state index in [9.17, 15) is 9.18 Å². The van der Waals surface area contributed by atoms with Crippen molar-refractivity contribution in [3.05, 3.63) is 53.0 Å². The molecule has 0 spiro atoms. The van der Waals surface area contributed by atoms with Crippen LogP contribution >= 0.6 is 0 Å². The van der Waals surface area contributed by atoms with Crippen LogP contribution in [0, 0.1) is 17.1 Å². The summed E-state index contributed by atoms with van der Waals surface area (Å²) >= 11 is 0. The highest BCUT2D eigenvalue weighted by atomic mass is 19.1. The Kier molecular flexibility index (Phi) is 4.79. The molecule has 6 heteroatoms. The van der Waals surface area contributed by atoms with E-state index in [0.717, 1.165) is 0 Å². The molecule has 2 aromatic rings. The van der Waals surface area contributed by atoms with Crippen LogP contribution in [0.4, 0.5) is 4.39 Å². The SMILES string of the molecule is CC(C)c1ccc(CC(=O)Oc2ccc(C#N)nn2)cc1F. The number of nitriles is 1. The summed E-state index contributed by atoms with van der Waals surface area (Å²) in [5.74, 6) is -0.827. The van der Waals surface area contributed by atoms with Crippen LogP contribution in [0.25, 0.3) is 0 Å². The van der Waals surface area contributed by atoms with E-state index in [1.807, 2.05) is 19.9 Å². The number of nitrogens with zero attached hydrogens (tertiary/aromatic N) is 3. The van der Waals surface area contributed by atoms with Gasteiger partial charge < -0.3 is 4.74 Å². The molecule has 22 heavy (non-hydrogen) atoms. The molecule has 0 unspecified atom stereocenters.